The van der Waals surface area contributed by atoms with Crippen LogP contribution in [0.3, 0.4) is 0 Å². The molecular weight excluding hydrogens is 408 g/mol. The minimum absolute atomic E-state index is 0.0342. The van der Waals surface area contributed by atoms with E-state index in [9.17, 15) is 19.7 Å². The van der Waals surface area contributed by atoms with Crippen LogP contribution in [0.15, 0.2) is 47.2 Å². The number of benzene rings is 1. The molecule has 0 aliphatic carbocycles. The summed E-state index contributed by atoms with van der Waals surface area (Å²) < 4.78 is 20.7. The molecule has 1 aliphatic heterocycles. The summed E-state index contributed by atoms with van der Waals surface area (Å²) in [7, 11) is 0. The smallest absolute Gasteiger partial charge is 0.434 e. The van der Waals surface area contributed by atoms with Crippen LogP contribution in [0.1, 0.15) is 52.0 Å². The predicted molar refractivity (Wildman–Crippen MR) is 110 cm³/mol. The summed E-state index contributed by atoms with van der Waals surface area (Å²) in [5, 5.41) is 14.8. The van der Waals surface area contributed by atoms with Crippen LogP contribution in [-0.4, -0.2) is 30.4 Å². The maximum atomic E-state index is 12.2. The Morgan fingerprint density at radius 2 is 1.61 bits per heavy atom. The number of carbonyl (C=O) groups excluding carboxylic acids is 2. The highest BCUT2D eigenvalue weighted by Gasteiger charge is 2.39. The molecule has 1 aromatic rings. The number of nitrogens with one attached hydrogen (secondary N) is 1. The number of nitro groups is 1. The van der Waals surface area contributed by atoms with Crippen molar-refractivity contribution in [2.45, 2.75) is 46.5 Å². The molecule has 1 aromatic carbocycles. The fourth-order valence-corrected chi connectivity index (χ4v) is 3.21. The zero-order chi connectivity index (χ0) is 23.0. The first kappa shape index (κ1) is 23.7. The maximum Gasteiger partial charge on any atom is 0.513 e. The van der Waals surface area contributed by atoms with Crippen molar-refractivity contribution >= 4 is 18.0 Å². The van der Waals surface area contributed by atoms with Gasteiger partial charge >= 0.3 is 12.3 Å². The Balaban J connectivity index is 2.69. The highest BCUT2D eigenvalue weighted by molar-refractivity contribution is 5.66. The molecule has 1 aliphatic rings. The summed E-state index contributed by atoms with van der Waals surface area (Å²) in [6.45, 7) is 7.00. The van der Waals surface area contributed by atoms with Crippen molar-refractivity contribution in [2.75, 3.05) is 13.2 Å². The number of hydrogen-bond donors (Lipinski definition) is 1. The van der Waals surface area contributed by atoms with Gasteiger partial charge in [-0.3, -0.25) is 10.1 Å². The van der Waals surface area contributed by atoms with E-state index in [4.69, 9.17) is 18.9 Å². The first-order valence-corrected chi connectivity index (χ1v) is 9.97. The van der Waals surface area contributed by atoms with Gasteiger partial charge in [-0.05, 0) is 27.2 Å². The molecule has 0 saturated heterocycles. The monoisotopic (exact) mass is 434 g/mol. The number of para-hydroxylation sites is 1. The Hall–Kier alpha value is -3.56. The predicted octanol–water partition coefficient (Wildman–Crippen LogP) is 4.87. The molecule has 0 saturated carbocycles. The van der Waals surface area contributed by atoms with Crippen molar-refractivity contribution in [1.29, 1.82) is 0 Å². The second kappa shape index (κ2) is 11.0. The lowest BCUT2D eigenvalue weighted by Gasteiger charge is -2.31. The summed E-state index contributed by atoms with van der Waals surface area (Å²) in [4.78, 5) is 35.4. The van der Waals surface area contributed by atoms with E-state index in [-0.39, 0.29) is 36.0 Å². The third-order valence-electron chi connectivity index (χ3n) is 4.39. The second-order valence-electron chi connectivity index (χ2n) is 6.53. The molecule has 0 radical (unpaired) electrons. The number of nitro benzene ring substituents is 1. The van der Waals surface area contributed by atoms with E-state index in [1.165, 1.54) is 18.2 Å². The van der Waals surface area contributed by atoms with Crippen molar-refractivity contribution in [3.05, 3.63) is 62.9 Å². The van der Waals surface area contributed by atoms with Crippen molar-refractivity contribution in [1.82, 2.24) is 5.32 Å². The zero-order valence-corrected chi connectivity index (χ0v) is 17.9. The highest BCUT2D eigenvalue weighted by atomic mass is 16.7. The Bertz CT molecular complexity index is 906. The Morgan fingerprint density at radius 3 is 2.16 bits per heavy atom. The number of dihydropyridines is 1. The molecule has 0 amide bonds. The average molecular weight is 434 g/mol. The van der Waals surface area contributed by atoms with Gasteiger partial charge < -0.3 is 24.3 Å². The van der Waals surface area contributed by atoms with Gasteiger partial charge in [-0.1, -0.05) is 31.5 Å². The minimum Gasteiger partial charge on any atom is -0.434 e. The molecule has 10 nitrogen and oxygen atoms in total. The van der Waals surface area contributed by atoms with Gasteiger partial charge in [0.15, 0.2) is 0 Å². The van der Waals surface area contributed by atoms with Crippen LogP contribution in [0, 0.1) is 10.1 Å². The third kappa shape index (κ3) is 5.74. The number of carbonyl (C=O) groups is 2. The molecule has 168 valence electrons. The minimum atomic E-state index is -1.04. The lowest BCUT2D eigenvalue weighted by Crippen LogP contribution is -2.30. The summed E-state index contributed by atoms with van der Waals surface area (Å²) in [5.41, 5.74) is 0.955. The summed E-state index contributed by atoms with van der Waals surface area (Å²) in [5.74, 6) is -0.940. The lowest BCUT2D eigenvalue weighted by molar-refractivity contribution is -0.385. The number of hydrogen-bond acceptors (Lipinski definition) is 9. The average Bonchev–Trinajstić information content (AvgIpc) is 2.72. The third-order valence-corrected chi connectivity index (χ3v) is 4.39. The summed E-state index contributed by atoms with van der Waals surface area (Å²) in [6, 6.07) is 5.99. The van der Waals surface area contributed by atoms with E-state index in [0.717, 1.165) is 0 Å². The molecule has 2 rings (SSSR count). The fourth-order valence-electron chi connectivity index (χ4n) is 3.21. The SMILES string of the molecule is CCCC1=C(OC(=O)OCC)C(c2ccccc2[N+](=O)[O-])C(OC(=O)OCC)=C(C)N1. The summed E-state index contributed by atoms with van der Waals surface area (Å²) in [6.07, 6.45) is -0.762. The molecular formula is C21H26N2O8. The zero-order valence-electron chi connectivity index (χ0n) is 17.9. The van der Waals surface area contributed by atoms with E-state index in [1.807, 2.05) is 6.92 Å². The number of nitrogens with zero attached hydrogens (tertiary/aromatic N) is 1. The first-order chi connectivity index (χ1) is 14.8. The molecule has 0 bridgehead atoms. The van der Waals surface area contributed by atoms with E-state index < -0.39 is 23.2 Å². The molecule has 0 spiro atoms. The lowest BCUT2D eigenvalue weighted by atomic mass is 9.88. The summed E-state index contributed by atoms with van der Waals surface area (Å²) >= 11 is 0. The van der Waals surface area contributed by atoms with Crippen molar-refractivity contribution in [3.8, 4) is 0 Å². The normalized spacial score (nSPS) is 15.8. The van der Waals surface area contributed by atoms with Gasteiger partial charge in [0.25, 0.3) is 5.69 Å². The number of rotatable bonds is 8. The van der Waals surface area contributed by atoms with Gasteiger partial charge in [-0.15, -0.1) is 0 Å². The Morgan fingerprint density at radius 1 is 1.03 bits per heavy atom. The van der Waals surface area contributed by atoms with E-state index in [0.29, 0.717) is 24.2 Å². The van der Waals surface area contributed by atoms with Crippen LogP contribution >= 0.6 is 0 Å². The van der Waals surface area contributed by atoms with Crippen LogP contribution in [0.2, 0.25) is 0 Å². The quantitative estimate of drug-likeness (QED) is 0.346. The first-order valence-electron chi connectivity index (χ1n) is 9.97. The van der Waals surface area contributed by atoms with Gasteiger partial charge in [-0.2, -0.15) is 0 Å². The molecule has 31 heavy (non-hydrogen) atoms. The van der Waals surface area contributed by atoms with Crippen LogP contribution in [-0.2, 0) is 18.9 Å². The molecule has 1 N–H and O–H groups in total. The van der Waals surface area contributed by atoms with Gasteiger partial charge in [0.2, 0.25) is 0 Å². The Labute approximate surface area is 180 Å². The van der Waals surface area contributed by atoms with Crippen molar-refractivity contribution < 1.29 is 33.5 Å². The Kier molecular flexibility index (Phi) is 8.42. The van der Waals surface area contributed by atoms with E-state index >= 15 is 0 Å². The topological polar surface area (TPSA) is 126 Å². The van der Waals surface area contributed by atoms with Crippen LogP contribution in [0.25, 0.3) is 0 Å². The standard InChI is InChI=1S/C21H26N2O8/c1-5-10-15-19(31-21(25)29-7-3)17(14-11-8-9-12-16(14)23(26)27)18(13(4)22-15)30-20(24)28-6-2/h8-9,11-12,17,22H,5-7,10H2,1-4H3. The molecule has 10 heteroatoms. The van der Waals surface area contributed by atoms with Crippen molar-refractivity contribution in [2.24, 2.45) is 0 Å². The molecule has 1 heterocycles. The number of ether oxygens (including phenoxy) is 4. The molecule has 1 unspecified atom stereocenters. The van der Waals surface area contributed by atoms with Crippen LogP contribution in [0.5, 0.6) is 0 Å². The fraction of sp³-hybridized carbons (Fsp3) is 0.429. The van der Waals surface area contributed by atoms with Crippen LogP contribution in [0.4, 0.5) is 15.3 Å². The highest BCUT2D eigenvalue weighted by Crippen LogP contribution is 2.43. The molecule has 0 aromatic heterocycles. The van der Waals surface area contributed by atoms with E-state index in [1.54, 1.807) is 26.8 Å². The maximum absolute atomic E-state index is 12.2. The molecule has 0 fully saturated rings. The number of allylic oxidation sites excluding steroid dienone is 2. The van der Waals surface area contributed by atoms with Gasteiger partial charge in [-0.25, -0.2) is 9.59 Å². The van der Waals surface area contributed by atoms with E-state index in [2.05, 4.69) is 5.32 Å². The largest absolute Gasteiger partial charge is 0.513 e. The van der Waals surface area contributed by atoms with Crippen LogP contribution < -0.4 is 5.32 Å². The second-order valence-corrected chi connectivity index (χ2v) is 6.53. The molecule has 1 atom stereocenters. The van der Waals surface area contributed by atoms with Gasteiger partial charge in [0.1, 0.15) is 17.4 Å². The van der Waals surface area contributed by atoms with Gasteiger partial charge in [0.05, 0.1) is 29.5 Å². The van der Waals surface area contributed by atoms with Gasteiger partial charge in [0, 0.05) is 11.6 Å². The van der Waals surface area contributed by atoms with Crippen molar-refractivity contribution in [3.63, 3.8) is 0 Å².